The van der Waals surface area contributed by atoms with E-state index < -0.39 is 11.7 Å². The van der Waals surface area contributed by atoms with Gasteiger partial charge in [0.05, 0.1) is 5.56 Å². The van der Waals surface area contributed by atoms with Crippen LogP contribution in [0.1, 0.15) is 57.9 Å². The maximum absolute atomic E-state index is 13.3. The van der Waals surface area contributed by atoms with Crippen LogP contribution in [-0.4, -0.2) is 17.9 Å². The van der Waals surface area contributed by atoms with Crippen molar-refractivity contribution >= 4 is 17.5 Å². The normalized spacial score (nSPS) is 39.8. The molecule has 3 saturated carbocycles. The van der Waals surface area contributed by atoms with Crippen molar-refractivity contribution in [2.45, 2.75) is 64.6 Å². The number of alkyl halides is 3. The van der Waals surface area contributed by atoms with Gasteiger partial charge >= 0.3 is 6.18 Å². The van der Waals surface area contributed by atoms with Gasteiger partial charge in [-0.05, 0) is 92.0 Å². The van der Waals surface area contributed by atoms with Crippen LogP contribution in [0.15, 0.2) is 36.4 Å². The first-order chi connectivity index (χ1) is 15.5. The number of carbonyl (C=O) groups is 2. The highest BCUT2D eigenvalue weighted by atomic mass is 19.4. The highest BCUT2D eigenvalue weighted by molar-refractivity contribution is 5.93. The monoisotopic (exact) mass is 460 g/mol. The van der Waals surface area contributed by atoms with Gasteiger partial charge in [0.15, 0.2) is 0 Å². The second-order valence-corrected chi connectivity index (χ2v) is 11.0. The molecule has 7 atom stereocenters. The van der Waals surface area contributed by atoms with Crippen molar-refractivity contribution in [3.05, 3.63) is 42.0 Å². The van der Waals surface area contributed by atoms with Crippen molar-refractivity contribution < 1.29 is 22.8 Å². The smallest absolute Gasteiger partial charge is 0.349 e. The van der Waals surface area contributed by atoms with E-state index in [1.54, 1.807) is 6.08 Å². The van der Waals surface area contributed by atoms with Gasteiger partial charge in [-0.1, -0.05) is 19.9 Å². The number of hydrogen-bond acceptors (Lipinski definition) is 2. The van der Waals surface area contributed by atoms with Gasteiger partial charge in [-0.15, -0.1) is 0 Å². The van der Waals surface area contributed by atoms with Crippen molar-refractivity contribution in [3.63, 3.8) is 0 Å². The first-order valence-corrected chi connectivity index (χ1v) is 12.0. The zero-order valence-electron chi connectivity index (χ0n) is 19.0. The third-order valence-corrected chi connectivity index (χ3v) is 9.48. The Balaban J connectivity index is 1.32. The number of benzene rings is 1. The lowest BCUT2D eigenvalue weighted by Crippen LogP contribution is -2.59. The number of anilines is 1. The van der Waals surface area contributed by atoms with Crippen LogP contribution in [0.2, 0.25) is 0 Å². The van der Waals surface area contributed by atoms with Gasteiger partial charge in [-0.2, -0.15) is 13.2 Å². The number of nitrogens with one attached hydrogen (secondary N) is 2. The van der Waals surface area contributed by atoms with Crippen LogP contribution in [0, 0.1) is 34.5 Å². The van der Waals surface area contributed by atoms with Gasteiger partial charge in [-0.3, -0.25) is 9.59 Å². The summed E-state index contributed by atoms with van der Waals surface area (Å²) in [5, 5.41) is 6.05. The Kier molecular flexibility index (Phi) is 5.18. The molecule has 2 amide bonds. The molecule has 0 aromatic heterocycles. The molecule has 7 heteroatoms. The zero-order valence-corrected chi connectivity index (χ0v) is 19.0. The van der Waals surface area contributed by atoms with Crippen LogP contribution in [0.3, 0.4) is 0 Å². The average molecular weight is 461 g/mol. The minimum Gasteiger partial charge on any atom is -0.349 e. The minimum atomic E-state index is -4.39. The summed E-state index contributed by atoms with van der Waals surface area (Å²) in [5.74, 6) is 1.23. The molecule has 0 bridgehead atoms. The average Bonchev–Trinajstić information content (AvgIpc) is 3.11. The molecule has 0 unspecified atom stereocenters. The lowest BCUT2D eigenvalue weighted by Gasteiger charge is -2.58. The summed E-state index contributed by atoms with van der Waals surface area (Å²) in [6.07, 6.45) is 5.22. The number of hydrogen-bond donors (Lipinski definition) is 2. The summed E-state index contributed by atoms with van der Waals surface area (Å²) in [7, 11) is 0. The summed E-state index contributed by atoms with van der Waals surface area (Å²) in [6.45, 7) is 4.52. The number of rotatable bonds is 2. The van der Waals surface area contributed by atoms with E-state index in [9.17, 15) is 22.8 Å². The molecule has 1 aromatic rings. The molecule has 1 aliphatic heterocycles. The van der Waals surface area contributed by atoms with Crippen LogP contribution < -0.4 is 10.6 Å². The molecule has 4 nitrogen and oxygen atoms in total. The Morgan fingerprint density at radius 3 is 2.45 bits per heavy atom. The molecule has 0 saturated heterocycles. The SMILES string of the molecule is C[C@]12C=CC(=O)N[C@@H]1CC[C@@H]1[C@@H]2CC[C@]2(C)[C@@H](C(=O)Nc3ccc(C(F)(F)F)cc3)CC[C@@H]12. The maximum atomic E-state index is 13.3. The number of fused-ring (bicyclic) bond motifs is 5. The first-order valence-electron chi connectivity index (χ1n) is 12.0. The molecule has 1 aromatic carbocycles. The molecular formula is C26H31F3N2O2. The van der Waals surface area contributed by atoms with Crippen LogP contribution in [0.4, 0.5) is 18.9 Å². The highest BCUT2D eigenvalue weighted by Crippen LogP contribution is 2.65. The third-order valence-electron chi connectivity index (χ3n) is 9.48. The summed E-state index contributed by atoms with van der Waals surface area (Å²) < 4.78 is 38.5. The second-order valence-electron chi connectivity index (χ2n) is 11.0. The van der Waals surface area contributed by atoms with E-state index in [0.29, 0.717) is 23.4 Å². The zero-order chi connectivity index (χ0) is 23.6. The van der Waals surface area contributed by atoms with Gasteiger partial charge in [0.2, 0.25) is 11.8 Å². The van der Waals surface area contributed by atoms with E-state index in [1.165, 1.54) is 12.1 Å². The molecule has 3 fully saturated rings. The van der Waals surface area contributed by atoms with Gasteiger partial charge < -0.3 is 10.6 Å². The number of halogens is 3. The molecule has 1 heterocycles. The van der Waals surface area contributed by atoms with Crippen molar-refractivity contribution in [3.8, 4) is 0 Å². The van der Waals surface area contributed by atoms with Crippen molar-refractivity contribution in [1.29, 1.82) is 0 Å². The Labute approximate surface area is 192 Å². The van der Waals surface area contributed by atoms with Gasteiger partial charge in [0.1, 0.15) is 0 Å². The van der Waals surface area contributed by atoms with E-state index in [4.69, 9.17) is 0 Å². The molecule has 4 aliphatic rings. The molecular weight excluding hydrogens is 429 g/mol. The van der Waals surface area contributed by atoms with Crippen LogP contribution in [0.5, 0.6) is 0 Å². The molecule has 178 valence electrons. The molecule has 2 N–H and O–H groups in total. The molecule has 3 aliphatic carbocycles. The number of amides is 2. The van der Waals surface area contributed by atoms with E-state index in [-0.39, 0.29) is 34.6 Å². The van der Waals surface area contributed by atoms with E-state index in [0.717, 1.165) is 50.7 Å². The van der Waals surface area contributed by atoms with E-state index >= 15 is 0 Å². The number of carbonyl (C=O) groups excluding carboxylic acids is 2. The third kappa shape index (κ3) is 3.58. The van der Waals surface area contributed by atoms with Crippen molar-refractivity contribution in [2.24, 2.45) is 34.5 Å². The topological polar surface area (TPSA) is 58.2 Å². The predicted octanol–water partition coefficient (Wildman–Crippen LogP) is 5.56. The van der Waals surface area contributed by atoms with E-state index in [2.05, 4.69) is 30.6 Å². The second kappa shape index (κ2) is 7.60. The van der Waals surface area contributed by atoms with Crippen molar-refractivity contribution in [2.75, 3.05) is 5.32 Å². The summed E-state index contributed by atoms with van der Waals surface area (Å²) in [5.41, 5.74) is -0.464. The maximum Gasteiger partial charge on any atom is 0.416 e. The van der Waals surface area contributed by atoms with Crippen molar-refractivity contribution in [1.82, 2.24) is 5.32 Å². The Bertz CT molecular complexity index is 988. The van der Waals surface area contributed by atoms with Crippen LogP contribution in [0.25, 0.3) is 0 Å². The van der Waals surface area contributed by atoms with E-state index in [1.807, 2.05) is 0 Å². The van der Waals surface area contributed by atoms with Gasteiger partial charge in [0, 0.05) is 23.1 Å². The Hall–Kier alpha value is -2.31. The Morgan fingerprint density at radius 1 is 1.03 bits per heavy atom. The summed E-state index contributed by atoms with van der Waals surface area (Å²) in [6, 6.07) is 4.86. The largest absolute Gasteiger partial charge is 0.416 e. The van der Waals surface area contributed by atoms with Crippen LogP contribution in [-0.2, 0) is 15.8 Å². The highest BCUT2D eigenvalue weighted by Gasteiger charge is 2.60. The lowest BCUT2D eigenvalue weighted by molar-refractivity contribution is -0.137. The summed E-state index contributed by atoms with van der Waals surface area (Å²) >= 11 is 0. The summed E-state index contributed by atoms with van der Waals surface area (Å²) in [4.78, 5) is 25.1. The fraction of sp³-hybridized carbons (Fsp3) is 0.615. The molecule has 0 radical (unpaired) electrons. The van der Waals surface area contributed by atoms with Crippen LogP contribution >= 0.6 is 0 Å². The quantitative estimate of drug-likeness (QED) is 0.607. The lowest BCUT2D eigenvalue weighted by atomic mass is 9.48. The first kappa shape index (κ1) is 22.5. The van der Waals surface area contributed by atoms with Gasteiger partial charge in [-0.25, -0.2) is 0 Å². The fourth-order valence-corrected chi connectivity index (χ4v) is 7.74. The van der Waals surface area contributed by atoms with Gasteiger partial charge in [0.25, 0.3) is 0 Å². The predicted molar refractivity (Wildman–Crippen MR) is 119 cm³/mol. The minimum absolute atomic E-state index is 0.00237. The fourth-order valence-electron chi connectivity index (χ4n) is 7.74. The standard InChI is InChI=1S/C26H31F3N2O2/c1-24-13-11-19-17(7-10-21-25(19,2)14-12-22(32)31-21)18(24)8-9-20(24)23(33)30-16-5-3-15(4-6-16)26(27,28)29/h3-6,12,14,17-21H,7-11,13H2,1-2H3,(H,30,33)(H,31,32)/t17-,18-,19-,20+,21+,24-,25+/m0/s1. The Morgan fingerprint density at radius 2 is 1.76 bits per heavy atom. The molecule has 33 heavy (non-hydrogen) atoms. The molecule has 0 spiro atoms. The molecule has 5 rings (SSSR count).